The van der Waals surface area contributed by atoms with E-state index >= 15 is 0 Å². The van der Waals surface area contributed by atoms with Crippen LogP contribution >= 0.6 is 0 Å². The molecule has 2 fully saturated rings. The van der Waals surface area contributed by atoms with E-state index in [2.05, 4.69) is 5.32 Å². The van der Waals surface area contributed by atoms with Crippen molar-refractivity contribution in [1.82, 2.24) is 14.5 Å². The van der Waals surface area contributed by atoms with Gasteiger partial charge in [0.05, 0.1) is 6.26 Å². The maximum Gasteiger partial charge on any atom is 0.245 e. The van der Waals surface area contributed by atoms with Crippen LogP contribution in [0.4, 0.5) is 0 Å². The molecular formula is C18H33N3O4S. The second kappa shape index (κ2) is 9.17. The third-order valence-electron chi connectivity index (χ3n) is 5.28. The molecule has 150 valence electrons. The van der Waals surface area contributed by atoms with E-state index in [1.807, 2.05) is 18.7 Å². The van der Waals surface area contributed by atoms with E-state index in [1.165, 1.54) is 10.6 Å². The molecule has 0 aromatic carbocycles. The summed E-state index contributed by atoms with van der Waals surface area (Å²) in [5.41, 5.74) is 0. The lowest BCUT2D eigenvalue weighted by Gasteiger charge is -2.33. The molecular weight excluding hydrogens is 354 g/mol. The van der Waals surface area contributed by atoms with Crippen molar-refractivity contribution in [3.8, 4) is 0 Å². The molecule has 0 radical (unpaired) electrons. The van der Waals surface area contributed by atoms with Crippen molar-refractivity contribution in [2.75, 3.05) is 32.4 Å². The van der Waals surface area contributed by atoms with Gasteiger partial charge < -0.3 is 10.2 Å². The Labute approximate surface area is 157 Å². The Bertz CT molecular complexity index is 592. The summed E-state index contributed by atoms with van der Waals surface area (Å²) in [6.07, 6.45) is 6.04. The van der Waals surface area contributed by atoms with Gasteiger partial charge in [-0.25, -0.2) is 12.7 Å². The molecule has 2 rings (SSSR count). The van der Waals surface area contributed by atoms with Crippen LogP contribution in [0.2, 0.25) is 0 Å². The van der Waals surface area contributed by atoms with Crippen molar-refractivity contribution >= 4 is 21.8 Å². The Hall–Kier alpha value is -1.15. The van der Waals surface area contributed by atoms with Gasteiger partial charge in [0.2, 0.25) is 21.8 Å². The first-order valence-corrected chi connectivity index (χ1v) is 11.6. The summed E-state index contributed by atoms with van der Waals surface area (Å²) < 4.78 is 24.6. The fraction of sp³-hybridized carbons (Fsp3) is 0.889. The summed E-state index contributed by atoms with van der Waals surface area (Å²) in [6.45, 7) is 6.38. The van der Waals surface area contributed by atoms with Crippen LogP contribution in [0.25, 0.3) is 0 Å². The highest BCUT2D eigenvalue weighted by molar-refractivity contribution is 7.88. The van der Waals surface area contributed by atoms with E-state index in [-0.39, 0.29) is 17.7 Å². The molecule has 1 N–H and O–H groups in total. The number of amides is 2. The van der Waals surface area contributed by atoms with Gasteiger partial charge in [0.25, 0.3) is 0 Å². The molecule has 26 heavy (non-hydrogen) atoms. The molecule has 1 atom stereocenters. The summed E-state index contributed by atoms with van der Waals surface area (Å²) in [5, 5.41) is 2.97. The number of nitrogens with one attached hydrogen (secondary N) is 1. The van der Waals surface area contributed by atoms with Crippen molar-refractivity contribution in [3.63, 3.8) is 0 Å². The summed E-state index contributed by atoms with van der Waals surface area (Å²) in [4.78, 5) is 27.4. The third-order valence-corrected chi connectivity index (χ3v) is 6.59. The molecule has 0 aliphatic carbocycles. The molecule has 0 spiro atoms. The predicted molar refractivity (Wildman–Crippen MR) is 101 cm³/mol. The van der Waals surface area contributed by atoms with E-state index in [0.717, 1.165) is 32.4 Å². The van der Waals surface area contributed by atoms with Gasteiger partial charge >= 0.3 is 0 Å². The van der Waals surface area contributed by atoms with E-state index in [0.29, 0.717) is 38.3 Å². The number of likely N-dealkylation sites (tertiary alicyclic amines) is 1. The van der Waals surface area contributed by atoms with E-state index in [4.69, 9.17) is 0 Å². The fourth-order valence-corrected chi connectivity index (χ4v) is 4.64. The van der Waals surface area contributed by atoms with Gasteiger partial charge in [-0.1, -0.05) is 13.8 Å². The number of hydrogen-bond donors (Lipinski definition) is 1. The lowest BCUT2D eigenvalue weighted by atomic mass is 9.95. The Balaban J connectivity index is 1.95. The molecule has 2 saturated heterocycles. The van der Waals surface area contributed by atoms with E-state index < -0.39 is 16.1 Å². The first-order chi connectivity index (χ1) is 12.2. The zero-order valence-electron chi connectivity index (χ0n) is 16.2. The summed E-state index contributed by atoms with van der Waals surface area (Å²) >= 11 is 0. The first kappa shape index (κ1) is 21.2. The lowest BCUT2D eigenvalue weighted by Crippen LogP contribution is -2.52. The number of rotatable bonds is 6. The van der Waals surface area contributed by atoms with Gasteiger partial charge in [0.1, 0.15) is 6.04 Å². The highest BCUT2D eigenvalue weighted by Gasteiger charge is 2.33. The monoisotopic (exact) mass is 387 g/mol. The van der Waals surface area contributed by atoms with Crippen molar-refractivity contribution < 1.29 is 18.0 Å². The molecule has 2 aliphatic rings. The average molecular weight is 388 g/mol. The van der Waals surface area contributed by atoms with Crippen LogP contribution in [0.5, 0.6) is 0 Å². The Kier molecular flexibility index (Phi) is 7.46. The van der Waals surface area contributed by atoms with Crippen LogP contribution in [0.3, 0.4) is 0 Å². The number of carbonyl (C=O) groups excluding carboxylic acids is 2. The largest absolute Gasteiger partial charge is 0.344 e. The zero-order valence-corrected chi connectivity index (χ0v) is 17.1. The third kappa shape index (κ3) is 5.94. The maximum absolute atomic E-state index is 12.9. The summed E-state index contributed by atoms with van der Waals surface area (Å²) in [6, 6.07) is -0.478. The minimum atomic E-state index is -3.20. The number of nitrogens with zero attached hydrogens (tertiary/aromatic N) is 2. The molecule has 0 saturated carbocycles. The predicted octanol–water partition coefficient (Wildman–Crippen LogP) is 1.20. The van der Waals surface area contributed by atoms with E-state index in [9.17, 15) is 18.0 Å². The number of piperidine rings is 2. The van der Waals surface area contributed by atoms with Crippen LogP contribution in [0, 0.1) is 11.8 Å². The Morgan fingerprint density at radius 1 is 1.04 bits per heavy atom. The smallest absolute Gasteiger partial charge is 0.245 e. The minimum absolute atomic E-state index is 0.0281. The normalized spacial score (nSPS) is 21.6. The quantitative estimate of drug-likeness (QED) is 0.742. The van der Waals surface area contributed by atoms with Gasteiger partial charge in [-0.2, -0.15) is 0 Å². The van der Waals surface area contributed by atoms with Crippen LogP contribution in [-0.4, -0.2) is 67.9 Å². The van der Waals surface area contributed by atoms with Crippen molar-refractivity contribution in [1.29, 1.82) is 0 Å². The van der Waals surface area contributed by atoms with Gasteiger partial charge in [-0.15, -0.1) is 0 Å². The highest BCUT2D eigenvalue weighted by atomic mass is 32.2. The van der Waals surface area contributed by atoms with Crippen molar-refractivity contribution in [2.24, 2.45) is 11.8 Å². The first-order valence-electron chi connectivity index (χ1n) is 9.72. The zero-order chi connectivity index (χ0) is 19.3. The van der Waals surface area contributed by atoms with Crippen LogP contribution < -0.4 is 5.32 Å². The number of sulfonamides is 1. The van der Waals surface area contributed by atoms with E-state index in [1.54, 1.807) is 0 Å². The van der Waals surface area contributed by atoms with Crippen LogP contribution in [0.1, 0.15) is 52.4 Å². The number of carbonyl (C=O) groups is 2. The Morgan fingerprint density at radius 2 is 1.62 bits per heavy atom. The second-order valence-corrected chi connectivity index (χ2v) is 10.00. The van der Waals surface area contributed by atoms with Gasteiger partial charge in [-0.3, -0.25) is 9.59 Å². The van der Waals surface area contributed by atoms with Crippen LogP contribution in [0.15, 0.2) is 0 Å². The van der Waals surface area contributed by atoms with Crippen molar-refractivity contribution in [2.45, 2.75) is 58.4 Å². The average Bonchev–Trinajstić information content (AvgIpc) is 2.60. The fourth-order valence-electron chi connectivity index (χ4n) is 3.77. The molecule has 7 nitrogen and oxygen atoms in total. The molecule has 0 aromatic heterocycles. The molecule has 2 amide bonds. The minimum Gasteiger partial charge on any atom is -0.344 e. The molecule has 8 heteroatoms. The summed E-state index contributed by atoms with van der Waals surface area (Å²) in [7, 11) is -3.20. The maximum atomic E-state index is 12.9. The standard InChI is InChI=1S/C18H33N3O4S/c1-14(2)13-16(18(23)20-9-5-4-6-10-20)19-17(22)15-7-11-21(12-8-15)26(3,24)25/h14-16H,4-13H2,1-3H3,(H,19,22)/t16-/m0/s1. The number of hydrogen-bond acceptors (Lipinski definition) is 4. The molecule has 0 unspecified atom stereocenters. The Morgan fingerprint density at radius 3 is 2.12 bits per heavy atom. The molecule has 2 aliphatic heterocycles. The van der Waals surface area contributed by atoms with Gasteiger partial charge in [0.15, 0.2) is 0 Å². The lowest BCUT2D eigenvalue weighted by molar-refractivity contribution is -0.139. The van der Waals surface area contributed by atoms with Gasteiger partial charge in [0, 0.05) is 32.1 Å². The highest BCUT2D eigenvalue weighted by Crippen LogP contribution is 2.20. The SMILES string of the molecule is CC(C)C[C@H](NC(=O)C1CCN(S(C)(=O)=O)CC1)C(=O)N1CCCCC1. The topological polar surface area (TPSA) is 86.8 Å². The molecule has 0 aromatic rings. The van der Waals surface area contributed by atoms with Crippen molar-refractivity contribution in [3.05, 3.63) is 0 Å². The van der Waals surface area contributed by atoms with Crippen LogP contribution in [-0.2, 0) is 19.6 Å². The summed E-state index contributed by atoms with van der Waals surface area (Å²) in [5.74, 6) is -0.00702. The molecule has 2 heterocycles. The van der Waals surface area contributed by atoms with Gasteiger partial charge in [-0.05, 0) is 44.4 Å². The second-order valence-electron chi connectivity index (χ2n) is 8.01. The molecule has 0 bridgehead atoms.